The molecule has 0 fully saturated rings. The maximum atomic E-state index is 5.22. The Bertz CT molecular complexity index is 196. The number of hydrogen-bond donors (Lipinski definition) is 0. The standard InChI is InChI=1S/C9H16NO/c1-10(2,3)7-6-9-5-4-8-11-9/h4-5,8H,6-7H2,1-3H3/q+1. The zero-order valence-corrected chi connectivity index (χ0v) is 7.50. The third-order valence-corrected chi connectivity index (χ3v) is 1.61. The Morgan fingerprint density at radius 1 is 1.36 bits per heavy atom. The zero-order valence-electron chi connectivity index (χ0n) is 7.50. The molecule has 0 spiro atoms. The minimum Gasteiger partial charge on any atom is -0.469 e. The summed E-state index contributed by atoms with van der Waals surface area (Å²) >= 11 is 0. The van der Waals surface area contributed by atoms with Gasteiger partial charge in [-0.15, -0.1) is 0 Å². The Balaban J connectivity index is 2.35. The maximum absolute atomic E-state index is 5.22. The van der Waals surface area contributed by atoms with Gasteiger partial charge in [0, 0.05) is 0 Å². The molecule has 0 saturated heterocycles. The van der Waals surface area contributed by atoms with Crippen molar-refractivity contribution in [2.45, 2.75) is 6.42 Å². The highest BCUT2D eigenvalue weighted by molar-refractivity contribution is 4.97. The number of quaternary nitrogens is 1. The first kappa shape index (κ1) is 8.34. The predicted molar refractivity (Wildman–Crippen MR) is 45.3 cm³/mol. The third kappa shape index (κ3) is 3.23. The summed E-state index contributed by atoms with van der Waals surface area (Å²) < 4.78 is 6.21. The van der Waals surface area contributed by atoms with Crippen LogP contribution in [0.25, 0.3) is 0 Å². The van der Waals surface area contributed by atoms with Crippen LogP contribution < -0.4 is 0 Å². The molecular weight excluding hydrogens is 138 g/mol. The van der Waals surface area contributed by atoms with E-state index in [0.717, 1.165) is 23.2 Å². The number of nitrogens with zero attached hydrogens (tertiary/aromatic N) is 1. The van der Waals surface area contributed by atoms with Gasteiger partial charge in [-0.3, -0.25) is 0 Å². The van der Waals surface area contributed by atoms with Gasteiger partial charge in [0.05, 0.1) is 40.4 Å². The molecule has 62 valence electrons. The molecule has 0 aliphatic heterocycles. The fourth-order valence-corrected chi connectivity index (χ4v) is 0.900. The van der Waals surface area contributed by atoms with Crippen LogP contribution in [0.2, 0.25) is 0 Å². The lowest BCUT2D eigenvalue weighted by molar-refractivity contribution is -0.870. The van der Waals surface area contributed by atoms with Crippen LogP contribution in [0.1, 0.15) is 5.76 Å². The van der Waals surface area contributed by atoms with E-state index in [9.17, 15) is 0 Å². The minimum absolute atomic E-state index is 0.987. The Labute approximate surface area is 68.0 Å². The minimum atomic E-state index is 0.987. The van der Waals surface area contributed by atoms with E-state index in [1.54, 1.807) is 6.26 Å². The molecule has 0 unspecified atom stereocenters. The normalized spacial score (nSPS) is 11.9. The monoisotopic (exact) mass is 154 g/mol. The van der Waals surface area contributed by atoms with Gasteiger partial charge in [0.15, 0.2) is 0 Å². The third-order valence-electron chi connectivity index (χ3n) is 1.61. The van der Waals surface area contributed by atoms with Gasteiger partial charge < -0.3 is 8.90 Å². The second-order valence-corrected chi connectivity index (χ2v) is 3.84. The van der Waals surface area contributed by atoms with E-state index in [0.29, 0.717) is 0 Å². The van der Waals surface area contributed by atoms with Gasteiger partial charge in [0.2, 0.25) is 0 Å². The van der Waals surface area contributed by atoms with Crippen LogP contribution in [0.3, 0.4) is 0 Å². The van der Waals surface area contributed by atoms with Crippen molar-refractivity contribution < 1.29 is 8.90 Å². The van der Waals surface area contributed by atoms with Crippen molar-refractivity contribution in [1.29, 1.82) is 0 Å². The van der Waals surface area contributed by atoms with Gasteiger partial charge in [-0.1, -0.05) is 0 Å². The van der Waals surface area contributed by atoms with Gasteiger partial charge in [-0.25, -0.2) is 0 Å². The predicted octanol–water partition coefficient (Wildman–Crippen LogP) is 1.53. The summed E-state index contributed by atoms with van der Waals surface area (Å²) in [7, 11) is 6.55. The van der Waals surface area contributed by atoms with Crippen molar-refractivity contribution in [3.8, 4) is 0 Å². The van der Waals surface area contributed by atoms with Crippen molar-refractivity contribution >= 4 is 0 Å². The lowest BCUT2D eigenvalue weighted by atomic mass is 10.3. The number of rotatable bonds is 3. The molecule has 0 N–H and O–H groups in total. The zero-order chi connectivity index (χ0) is 8.32. The first-order chi connectivity index (χ1) is 5.08. The van der Waals surface area contributed by atoms with E-state index < -0.39 is 0 Å². The summed E-state index contributed by atoms with van der Waals surface area (Å²) in [5, 5.41) is 0. The van der Waals surface area contributed by atoms with Crippen LogP contribution in [0.4, 0.5) is 0 Å². The maximum Gasteiger partial charge on any atom is 0.109 e. The summed E-state index contributed by atoms with van der Waals surface area (Å²) in [4.78, 5) is 0. The second-order valence-electron chi connectivity index (χ2n) is 3.84. The summed E-state index contributed by atoms with van der Waals surface area (Å²) in [6, 6.07) is 3.96. The van der Waals surface area contributed by atoms with Gasteiger partial charge in [-0.2, -0.15) is 0 Å². The average Bonchev–Trinajstić information content (AvgIpc) is 2.32. The smallest absolute Gasteiger partial charge is 0.109 e. The van der Waals surface area contributed by atoms with Gasteiger partial charge in [0.1, 0.15) is 5.76 Å². The highest BCUT2D eigenvalue weighted by Crippen LogP contribution is 2.03. The SMILES string of the molecule is C[N+](C)(C)CCc1ccco1. The van der Waals surface area contributed by atoms with Crippen LogP contribution in [0.5, 0.6) is 0 Å². The molecule has 0 bridgehead atoms. The van der Waals surface area contributed by atoms with E-state index in [2.05, 4.69) is 21.1 Å². The number of hydrogen-bond acceptors (Lipinski definition) is 1. The molecule has 1 rings (SSSR count). The molecule has 1 heterocycles. The topological polar surface area (TPSA) is 13.1 Å². The van der Waals surface area contributed by atoms with Crippen LogP contribution in [0.15, 0.2) is 22.8 Å². The van der Waals surface area contributed by atoms with Crippen molar-refractivity contribution in [3.05, 3.63) is 24.2 Å². The lowest BCUT2D eigenvalue weighted by Gasteiger charge is -2.22. The molecule has 0 aliphatic rings. The van der Waals surface area contributed by atoms with Gasteiger partial charge in [-0.05, 0) is 12.1 Å². The highest BCUT2D eigenvalue weighted by atomic mass is 16.3. The Morgan fingerprint density at radius 2 is 2.09 bits per heavy atom. The molecule has 0 amide bonds. The fourth-order valence-electron chi connectivity index (χ4n) is 0.900. The highest BCUT2D eigenvalue weighted by Gasteiger charge is 2.07. The molecule has 11 heavy (non-hydrogen) atoms. The van der Waals surface area contributed by atoms with Crippen molar-refractivity contribution in [3.63, 3.8) is 0 Å². The molecule has 0 aromatic carbocycles. The quantitative estimate of drug-likeness (QED) is 0.602. The number of furan rings is 1. The summed E-state index contributed by atoms with van der Waals surface area (Å²) in [5.41, 5.74) is 0. The van der Waals surface area contributed by atoms with Crippen LogP contribution in [-0.4, -0.2) is 32.2 Å². The van der Waals surface area contributed by atoms with Crippen LogP contribution in [-0.2, 0) is 6.42 Å². The molecule has 0 saturated carbocycles. The van der Waals surface area contributed by atoms with Gasteiger partial charge in [0.25, 0.3) is 0 Å². The van der Waals surface area contributed by atoms with E-state index >= 15 is 0 Å². The first-order valence-corrected chi connectivity index (χ1v) is 3.91. The van der Waals surface area contributed by atoms with E-state index in [4.69, 9.17) is 4.42 Å². The summed E-state index contributed by atoms with van der Waals surface area (Å²) in [6.07, 6.45) is 2.75. The largest absolute Gasteiger partial charge is 0.469 e. The number of likely N-dealkylation sites (N-methyl/N-ethyl adjacent to an activating group) is 1. The van der Waals surface area contributed by atoms with E-state index in [1.807, 2.05) is 12.1 Å². The Hall–Kier alpha value is -0.760. The second kappa shape index (κ2) is 3.09. The van der Waals surface area contributed by atoms with E-state index in [1.165, 1.54) is 0 Å². The van der Waals surface area contributed by atoms with Crippen LogP contribution in [0, 0.1) is 0 Å². The molecular formula is C9H16NO+. The van der Waals surface area contributed by atoms with Crippen molar-refractivity contribution in [2.24, 2.45) is 0 Å². The molecule has 2 nitrogen and oxygen atoms in total. The van der Waals surface area contributed by atoms with E-state index in [-0.39, 0.29) is 0 Å². The summed E-state index contributed by atoms with van der Waals surface area (Å²) in [5.74, 6) is 1.08. The molecule has 0 aliphatic carbocycles. The fraction of sp³-hybridized carbons (Fsp3) is 0.556. The van der Waals surface area contributed by atoms with Crippen molar-refractivity contribution in [1.82, 2.24) is 0 Å². The Kier molecular flexibility index (Phi) is 2.35. The van der Waals surface area contributed by atoms with Crippen LogP contribution >= 0.6 is 0 Å². The lowest BCUT2D eigenvalue weighted by Crippen LogP contribution is -2.36. The molecule has 2 heteroatoms. The Morgan fingerprint density at radius 3 is 2.55 bits per heavy atom. The molecule has 0 radical (unpaired) electrons. The molecule has 1 aromatic heterocycles. The molecule has 0 atom stereocenters. The van der Waals surface area contributed by atoms with Gasteiger partial charge >= 0.3 is 0 Å². The van der Waals surface area contributed by atoms with Crippen molar-refractivity contribution in [2.75, 3.05) is 27.7 Å². The summed E-state index contributed by atoms with van der Waals surface area (Å²) in [6.45, 7) is 1.12. The molecule has 1 aromatic rings. The first-order valence-electron chi connectivity index (χ1n) is 3.91. The average molecular weight is 154 g/mol.